The van der Waals surface area contributed by atoms with Crippen molar-refractivity contribution in [3.63, 3.8) is 0 Å². The van der Waals surface area contributed by atoms with Crippen molar-refractivity contribution in [1.29, 1.82) is 0 Å². The quantitative estimate of drug-likeness (QED) is 0.713. The molecule has 3 heterocycles. The van der Waals surface area contributed by atoms with Crippen LogP contribution in [0.25, 0.3) is 10.6 Å². The van der Waals surface area contributed by atoms with Gasteiger partial charge in [0.1, 0.15) is 15.6 Å². The van der Waals surface area contributed by atoms with Gasteiger partial charge in [0, 0.05) is 42.7 Å². The molecule has 6 nitrogen and oxygen atoms in total. The van der Waals surface area contributed by atoms with E-state index in [-0.39, 0.29) is 17.6 Å². The van der Waals surface area contributed by atoms with Crippen LogP contribution in [0.4, 0.5) is 0 Å². The van der Waals surface area contributed by atoms with Crippen LogP contribution < -0.4 is 0 Å². The molecule has 0 atom stereocenters. The van der Waals surface area contributed by atoms with E-state index in [4.69, 9.17) is 0 Å². The van der Waals surface area contributed by atoms with Crippen LogP contribution >= 0.6 is 22.7 Å². The summed E-state index contributed by atoms with van der Waals surface area (Å²) in [6.45, 7) is 3.76. The van der Waals surface area contributed by atoms with E-state index in [1.807, 2.05) is 23.8 Å². The molecular formula is C20H19N3O3S2. The minimum atomic E-state index is -0.128. The van der Waals surface area contributed by atoms with E-state index < -0.39 is 0 Å². The van der Waals surface area contributed by atoms with Gasteiger partial charge in [0.2, 0.25) is 0 Å². The van der Waals surface area contributed by atoms with E-state index in [2.05, 4.69) is 4.98 Å². The van der Waals surface area contributed by atoms with Crippen LogP contribution in [0.5, 0.6) is 5.75 Å². The van der Waals surface area contributed by atoms with Crippen molar-refractivity contribution in [2.45, 2.75) is 6.92 Å². The predicted molar refractivity (Wildman–Crippen MR) is 110 cm³/mol. The molecule has 1 aromatic carbocycles. The van der Waals surface area contributed by atoms with Crippen molar-refractivity contribution >= 4 is 34.5 Å². The van der Waals surface area contributed by atoms with Gasteiger partial charge in [0.05, 0.1) is 5.69 Å². The molecule has 8 heteroatoms. The Kier molecular flexibility index (Phi) is 5.15. The number of thiazole rings is 1. The third kappa shape index (κ3) is 3.65. The van der Waals surface area contributed by atoms with E-state index >= 15 is 0 Å². The largest absolute Gasteiger partial charge is 0.508 e. The highest BCUT2D eigenvalue weighted by molar-refractivity contribution is 7.17. The molecule has 1 saturated heterocycles. The number of thiophene rings is 1. The SMILES string of the molecule is Cc1nc(-c2ccsc2)sc1C(=O)N1CCN(C(=O)c2cccc(O)c2)CC1. The molecule has 1 fully saturated rings. The Morgan fingerprint density at radius 3 is 2.43 bits per heavy atom. The highest BCUT2D eigenvalue weighted by Crippen LogP contribution is 2.30. The van der Waals surface area contributed by atoms with Crippen molar-refractivity contribution in [2.75, 3.05) is 26.2 Å². The number of benzene rings is 1. The number of hydrogen-bond donors (Lipinski definition) is 1. The summed E-state index contributed by atoms with van der Waals surface area (Å²) in [7, 11) is 0. The van der Waals surface area contributed by atoms with Crippen LogP contribution in [0.1, 0.15) is 25.7 Å². The lowest BCUT2D eigenvalue weighted by Gasteiger charge is -2.34. The molecule has 2 amide bonds. The molecule has 0 saturated carbocycles. The number of aromatic hydroxyl groups is 1. The van der Waals surface area contributed by atoms with Gasteiger partial charge in [-0.3, -0.25) is 9.59 Å². The molecule has 28 heavy (non-hydrogen) atoms. The minimum Gasteiger partial charge on any atom is -0.508 e. The number of carbonyl (C=O) groups is 2. The maximum atomic E-state index is 13.0. The number of rotatable bonds is 3. The number of piperazine rings is 1. The van der Waals surface area contributed by atoms with E-state index in [0.29, 0.717) is 36.6 Å². The second-order valence-electron chi connectivity index (χ2n) is 6.58. The number of nitrogens with zero attached hydrogens (tertiary/aromatic N) is 3. The molecular weight excluding hydrogens is 394 g/mol. The molecule has 0 unspecified atom stereocenters. The lowest BCUT2D eigenvalue weighted by Crippen LogP contribution is -2.50. The third-order valence-corrected chi connectivity index (χ3v) is 6.58. The van der Waals surface area contributed by atoms with E-state index in [9.17, 15) is 14.7 Å². The summed E-state index contributed by atoms with van der Waals surface area (Å²) in [5.41, 5.74) is 2.24. The predicted octanol–water partition coefficient (Wildman–Crippen LogP) is 3.48. The van der Waals surface area contributed by atoms with Crippen molar-refractivity contribution in [3.8, 4) is 16.3 Å². The van der Waals surface area contributed by atoms with Gasteiger partial charge in [-0.2, -0.15) is 11.3 Å². The van der Waals surface area contributed by atoms with Crippen LogP contribution in [0.15, 0.2) is 41.1 Å². The average Bonchev–Trinajstić information content (AvgIpc) is 3.37. The molecule has 1 aliphatic rings. The summed E-state index contributed by atoms with van der Waals surface area (Å²) in [6.07, 6.45) is 0. The van der Waals surface area contributed by atoms with Crippen LogP contribution in [-0.4, -0.2) is 57.9 Å². The zero-order valence-electron chi connectivity index (χ0n) is 15.3. The number of phenolic OH excluding ortho intramolecular Hbond substituents is 1. The number of hydrogen-bond acceptors (Lipinski definition) is 6. The Morgan fingerprint density at radius 1 is 1.07 bits per heavy atom. The molecule has 4 rings (SSSR count). The molecule has 2 aromatic heterocycles. The van der Waals surface area contributed by atoms with Crippen molar-refractivity contribution in [3.05, 3.63) is 57.2 Å². The highest BCUT2D eigenvalue weighted by Gasteiger charge is 2.28. The Morgan fingerprint density at radius 2 is 1.79 bits per heavy atom. The fourth-order valence-corrected chi connectivity index (χ4v) is 4.93. The number of aryl methyl sites for hydroxylation is 1. The van der Waals surface area contributed by atoms with Crippen LogP contribution in [-0.2, 0) is 0 Å². The summed E-state index contributed by atoms with van der Waals surface area (Å²) in [6, 6.07) is 8.34. The Labute approximate surface area is 170 Å². The minimum absolute atomic E-state index is 0.0269. The topological polar surface area (TPSA) is 73.7 Å². The molecule has 0 spiro atoms. The van der Waals surface area contributed by atoms with Gasteiger partial charge in [-0.1, -0.05) is 6.07 Å². The fraction of sp³-hybridized carbons (Fsp3) is 0.250. The first-order chi connectivity index (χ1) is 13.5. The van der Waals surface area contributed by atoms with Crippen molar-refractivity contribution < 1.29 is 14.7 Å². The second kappa shape index (κ2) is 7.73. The molecule has 1 N–H and O–H groups in total. The lowest BCUT2D eigenvalue weighted by atomic mass is 10.1. The summed E-state index contributed by atoms with van der Waals surface area (Å²) in [4.78, 5) is 34.3. The average molecular weight is 414 g/mol. The molecule has 3 aromatic rings. The first kappa shape index (κ1) is 18.6. The van der Waals surface area contributed by atoms with E-state index in [0.717, 1.165) is 16.3 Å². The normalized spacial score (nSPS) is 14.3. The highest BCUT2D eigenvalue weighted by atomic mass is 32.1. The molecule has 144 valence electrons. The van der Waals surface area contributed by atoms with E-state index in [1.54, 1.807) is 33.3 Å². The van der Waals surface area contributed by atoms with E-state index in [1.165, 1.54) is 23.5 Å². The van der Waals surface area contributed by atoms with Gasteiger partial charge in [-0.05, 0) is 36.6 Å². The van der Waals surface area contributed by atoms with Gasteiger partial charge < -0.3 is 14.9 Å². The van der Waals surface area contributed by atoms with Crippen molar-refractivity contribution in [2.24, 2.45) is 0 Å². The van der Waals surface area contributed by atoms with Crippen LogP contribution in [0.3, 0.4) is 0 Å². The Hall–Kier alpha value is -2.71. The summed E-state index contributed by atoms with van der Waals surface area (Å²) in [5, 5.41) is 14.5. The zero-order valence-corrected chi connectivity index (χ0v) is 16.9. The molecule has 0 bridgehead atoms. The number of amides is 2. The van der Waals surface area contributed by atoms with Gasteiger partial charge in [-0.25, -0.2) is 4.98 Å². The monoisotopic (exact) mass is 413 g/mol. The van der Waals surface area contributed by atoms with Gasteiger partial charge in [-0.15, -0.1) is 11.3 Å². The third-order valence-electron chi connectivity index (χ3n) is 4.71. The first-order valence-corrected chi connectivity index (χ1v) is 10.7. The number of carbonyl (C=O) groups excluding carboxylic acids is 2. The Balaban J connectivity index is 1.42. The van der Waals surface area contributed by atoms with Gasteiger partial charge in [0.25, 0.3) is 11.8 Å². The standard InChI is InChI=1S/C20H19N3O3S2/c1-13-17(28-18(21-13)15-5-10-27-12-15)20(26)23-8-6-22(7-9-23)19(25)14-3-2-4-16(24)11-14/h2-5,10-12,24H,6-9H2,1H3. The Bertz CT molecular complexity index is 1010. The fourth-order valence-electron chi connectivity index (χ4n) is 3.18. The van der Waals surface area contributed by atoms with Crippen LogP contribution in [0, 0.1) is 6.92 Å². The van der Waals surface area contributed by atoms with Gasteiger partial charge >= 0.3 is 0 Å². The smallest absolute Gasteiger partial charge is 0.265 e. The second-order valence-corrected chi connectivity index (χ2v) is 8.36. The molecule has 1 aliphatic heterocycles. The first-order valence-electron chi connectivity index (χ1n) is 8.90. The summed E-state index contributed by atoms with van der Waals surface area (Å²) < 4.78 is 0. The molecule has 0 aliphatic carbocycles. The van der Waals surface area contributed by atoms with Crippen molar-refractivity contribution in [1.82, 2.24) is 14.8 Å². The summed E-state index contributed by atoms with van der Waals surface area (Å²) in [5.74, 6) is -0.0839. The maximum Gasteiger partial charge on any atom is 0.265 e. The van der Waals surface area contributed by atoms with Crippen LogP contribution in [0.2, 0.25) is 0 Å². The number of phenols is 1. The number of aromatic nitrogens is 1. The lowest BCUT2D eigenvalue weighted by molar-refractivity contribution is 0.0537. The molecule has 0 radical (unpaired) electrons. The zero-order chi connectivity index (χ0) is 19.7. The van der Waals surface area contributed by atoms with Gasteiger partial charge in [0.15, 0.2) is 0 Å². The summed E-state index contributed by atoms with van der Waals surface area (Å²) >= 11 is 3.03. The maximum absolute atomic E-state index is 13.0.